The fraction of sp³-hybridized carbons (Fsp3) is 0.0800. The molecule has 0 atom stereocenters. The van der Waals surface area contributed by atoms with Crippen molar-refractivity contribution < 1.29 is 9.59 Å². The molecule has 1 aromatic carbocycles. The third-order valence-electron chi connectivity index (χ3n) is 5.19. The third-order valence-corrected chi connectivity index (χ3v) is 6.04. The van der Waals surface area contributed by atoms with Crippen LogP contribution in [0.25, 0.3) is 27.9 Å². The standard InChI is InChI=1S/C25H19N5O2S/c31-22(13-28-25(32)20-4-5-21-12-27-16-30(21)14-20)11-24-29-23(15-33-24)19-3-1-2-18(10-19)17-6-8-26-9-7-17/h1-10,12,14-16H,11,13H2,(H,28,32). The molecule has 1 amide bonds. The van der Waals surface area contributed by atoms with Gasteiger partial charge in [0.05, 0.1) is 42.3 Å². The van der Waals surface area contributed by atoms with Gasteiger partial charge in [-0.2, -0.15) is 0 Å². The van der Waals surface area contributed by atoms with Crippen LogP contribution in [0.2, 0.25) is 0 Å². The van der Waals surface area contributed by atoms with Crippen LogP contribution in [0.4, 0.5) is 0 Å². The zero-order valence-corrected chi connectivity index (χ0v) is 18.3. The number of rotatable bonds is 7. The highest BCUT2D eigenvalue weighted by atomic mass is 32.1. The summed E-state index contributed by atoms with van der Waals surface area (Å²) in [5.41, 5.74) is 5.35. The molecule has 5 rings (SSSR count). The van der Waals surface area contributed by atoms with Crippen LogP contribution in [0.5, 0.6) is 0 Å². The lowest BCUT2D eigenvalue weighted by Crippen LogP contribution is -2.30. The molecule has 4 aromatic heterocycles. The Morgan fingerprint density at radius 1 is 0.970 bits per heavy atom. The summed E-state index contributed by atoms with van der Waals surface area (Å²) < 4.78 is 1.76. The second-order valence-electron chi connectivity index (χ2n) is 7.48. The van der Waals surface area contributed by atoms with E-state index in [0.717, 1.165) is 32.9 Å². The Morgan fingerprint density at radius 2 is 1.82 bits per heavy atom. The van der Waals surface area contributed by atoms with Crippen molar-refractivity contribution in [1.82, 2.24) is 24.7 Å². The monoisotopic (exact) mass is 453 g/mol. The summed E-state index contributed by atoms with van der Waals surface area (Å²) in [6.07, 6.45) is 8.74. The van der Waals surface area contributed by atoms with Crippen molar-refractivity contribution in [2.45, 2.75) is 6.42 Å². The second-order valence-corrected chi connectivity index (χ2v) is 8.43. The lowest BCUT2D eigenvalue weighted by Gasteiger charge is -2.05. The van der Waals surface area contributed by atoms with Crippen molar-refractivity contribution in [2.75, 3.05) is 6.54 Å². The topological polar surface area (TPSA) is 89.2 Å². The van der Waals surface area contributed by atoms with Gasteiger partial charge in [0.15, 0.2) is 5.78 Å². The van der Waals surface area contributed by atoms with Crippen LogP contribution in [0.3, 0.4) is 0 Å². The number of imidazole rings is 1. The highest BCUT2D eigenvalue weighted by Gasteiger charge is 2.13. The van der Waals surface area contributed by atoms with E-state index in [1.165, 1.54) is 11.3 Å². The third kappa shape index (κ3) is 4.70. The molecule has 0 spiro atoms. The van der Waals surface area contributed by atoms with Crippen molar-refractivity contribution in [3.63, 3.8) is 0 Å². The molecule has 4 heterocycles. The van der Waals surface area contributed by atoms with Crippen molar-refractivity contribution >= 4 is 28.5 Å². The molecule has 162 valence electrons. The highest BCUT2D eigenvalue weighted by molar-refractivity contribution is 7.10. The van der Waals surface area contributed by atoms with Gasteiger partial charge < -0.3 is 9.72 Å². The summed E-state index contributed by atoms with van der Waals surface area (Å²) in [6.45, 7) is -0.0484. The van der Waals surface area contributed by atoms with Crippen molar-refractivity contribution in [3.8, 4) is 22.4 Å². The molecule has 0 aliphatic carbocycles. The van der Waals surface area contributed by atoms with Crippen LogP contribution in [-0.4, -0.2) is 37.6 Å². The summed E-state index contributed by atoms with van der Waals surface area (Å²) in [4.78, 5) is 37.6. The van der Waals surface area contributed by atoms with Crippen LogP contribution in [-0.2, 0) is 11.2 Å². The number of aromatic nitrogens is 4. The predicted octanol–water partition coefficient (Wildman–Crippen LogP) is 4.06. The van der Waals surface area contributed by atoms with E-state index in [1.54, 1.807) is 41.6 Å². The van der Waals surface area contributed by atoms with Crippen molar-refractivity contribution in [2.24, 2.45) is 0 Å². The van der Waals surface area contributed by atoms with Crippen LogP contribution in [0.1, 0.15) is 15.4 Å². The minimum absolute atomic E-state index is 0.0484. The van der Waals surface area contributed by atoms with Crippen molar-refractivity contribution in [1.29, 1.82) is 0 Å². The van der Waals surface area contributed by atoms with Gasteiger partial charge in [-0.25, -0.2) is 9.97 Å². The van der Waals surface area contributed by atoms with Gasteiger partial charge >= 0.3 is 0 Å². The highest BCUT2D eigenvalue weighted by Crippen LogP contribution is 2.27. The summed E-state index contributed by atoms with van der Waals surface area (Å²) in [7, 11) is 0. The largest absolute Gasteiger partial charge is 0.345 e. The summed E-state index contributed by atoms with van der Waals surface area (Å²) >= 11 is 1.44. The number of benzene rings is 1. The zero-order chi connectivity index (χ0) is 22.6. The van der Waals surface area contributed by atoms with Crippen molar-refractivity contribution in [3.05, 3.63) is 95.6 Å². The zero-order valence-electron chi connectivity index (χ0n) is 17.5. The summed E-state index contributed by atoms with van der Waals surface area (Å²) in [6, 6.07) is 15.6. The Kier molecular flexibility index (Phi) is 5.73. The molecular weight excluding hydrogens is 434 g/mol. The van der Waals surface area contributed by atoms with Gasteiger partial charge in [-0.05, 0) is 41.5 Å². The first-order valence-corrected chi connectivity index (χ1v) is 11.2. The van der Waals surface area contributed by atoms with Gasteiger partial charge in [0.1, 0.15) is 5.01 Å². The lowest BCUT2D eigenvalue weighted by molar-refractivity contribution is -0.117. The Morgan fingerprint density at radius 3 is 2.70 bits per heavy atom. The molecule has 7 nitrogen and oxygen atoms in total. The molecule has 0 unspecified atom stereocenters. The number of carbonyl (C=O) groups is 2. The van der Waals surface area contributed by atoms with Gasteiger partial charge in [-0.15, -0.1) is 11.3 Å². The smallest absolute Gasteiger partial charge is 0.253 e. The Hall–Kier alpha value is -4.17. The fourth-order valence-electron chi connectivity index (χ4n) is 3.49. The van der Waals surface area contributed by atoms with E-state index in [0.29, 0.717) is 5.56 Å². The molecule has 5 aromatic rings. The fourth-order valence-corrected chi connectivity index (χ4v) is 4.33. The SMILES string of the molecule is O=C(CNC(=O)c1ccc2cncn2c1)Cc1nc(-c2cccc(-c3ccncc3)c2)cs1. The maximum Gasteiger partial charge on any atom is 0.253 e. The normalized spacial score (nSPS) is 10.9. The number of ketones is 1. The number of nitrogens with one attached hydrogen (secondary N) is 1. The van der Waals surface area contributed by atoms with Crippen LogP contribution >= 0.6 is 11.3 Å². The Bertz CT molecular complexity index is 1440. The van der Waals surface area contributed by atoms with Crippen LogP contribution in [0.15, 0.2) is 85.0 Å². The molecule has 0 saturated carbocycles. The van der Waals surface area contributed by atoms with E-state index in [9.17, 15) is 9.59 Å². The molecule has 1 N–H and O–H groups in total. The van der Waals surface area contributed by atoms with Gasteiger partial charge in [-0.1, -0.05) is 18.2 Å². The van der Waals surface area contributed by atoms with Gasteiger partial charge in [-0.3, -0.25) is 14.6 Å². The second kappa shape index (κ2) is 9.13. The number of Topliss-reactive ketones (excluding diaryl/α,β-unsaturated/α-hetero) is 1. The quantitative estimate of drug-likeness (QED) is 0.401. The van der Waals surface area contributed by atoms with Gasteiger partial charge in [0.2, 0.25) is 0 Å². The van der Waals surface area contributed by atoms with E-state index in [1.807, 2.05) is 41.8 Å². The van der Waals surface area contributed by atoms with Crippen LogP contribution in [0, 0.1) is 0 Å². The average Bonchev–Trinajstić information content (AvgIpc) is 3.52. The molecule has 0 radical (unpaired) electrons. The maximum absolute atomic E-state index is 12.4. The summed E-state index contributed by atoms with van der Waals surface area (Å²) in [5.74, 6) is -0.398. The number of fused-ring (bicyclic) bond motifs is 1. The number of nitrogens with zero attached hydrogens (tertiary/aromatic N) is 4. The van der Waals surface area contributed by atoms with E-state index in [4.69, 9.17) is 0 Å². The molecule has 0 fully saturated rings. The first kappa shape index (κ1) is 20.7. The molecule has 0 bridgehead atoms. The molecule has 0 aliphatic rings. The Balaban J connectivity index is 1.21. The number of pyridine rings is 2. The van der Waals surface area contributed by atoms with E-state index >= 15 is 0 Å². The average molecular weight is 454 g/mol. The molecule has 0 aliphatic heterocycles. The minimum Gasteiger partial charge on any atom is -0.345 e. The number of carbonyl (C=O) groups excluding carboxylic acids is 2. The maximum atomic E-state index is 12.4. The molecular formula is C25H19N5O2S. The lowest BCUT2D eigenvalue weighted by atomic mass is 10.0. The minimum atomic E-state index is -0.299. The van der Waals surface area contributed by atoms with E-state index in [2.05, 4.69) is 26.3 Å². The number of hydrogen-bond donors (Lipinski definition) is 1. The number of hydrogen-bond acceptors (Lipinski definition) is 6. The van der Waals surface area contributed by atoms with E-state index < -0.39 is 0 Å². The first-order chi connectivity index (χ1) is 16.2. The van der Waals surface area contributed by atoms with E-state index in [-0.39, 0.29) is 24.7 Å². The number of thiazole rings is 1. The molecule has 8 heteroatoms. The molecule has 33 heavy (non-hydrogen) atoms. The molecule has 0 saturated heterocycles. The summed E-state index contributed by atoms with van der Waals surface area (Å²) in [5, 5.41) is 5.36. The van der Waals surface area contributed by atoms with Gasteiger partial charge in [0, 0.05) is 29.5 Å². The Labute approximate surface area is 193 Å². The van der Waals surface area contributed by atoms with Crippen LogP contribution < -0.4 is 5.32 Å². The predicted molar refractivity (Wildman–Crippen MR) is 127 cm³/mol. The first-order valence-electron chi connectivity index (χ1n) is 10.3. The number of amides is 1. The van der Waals surface area contributed by atoms with Gasteiger partial charge in [0.25, 0.3) is 5.91 Å².